The van der Waals surface area contributed by atoms with Crippen LogP contribution >= 0.6 is 11.6 Å². The van der Waals surface area contributed by atoms with Crippen LogP contribution in [0.25, 0.3) is 11.1 Å². The number of alkyl halides is 3. The molecule has 0 amide bonds. The summed E-state index contributed by atoms with van der Waals surface area (Å²) >= 11 is 5.56. The molecule has 0 spiro atoms. The number of halogens is 5. The van der Waals surface area contributed by atoms with Crippen molar-refractivity contribution in [1.29, 1.82) is 0 Å². The van der Waals surface area contributed by atoms with Gasteiger partial charge in [0.05, 0.1) is 5.56 Å². The summed E-state index contributed by atoms with van der Waals surface area (Å²) < 4.78 is 52.1. The molecule has 0 saturated heterocycles. The Kier molecular flexibility index (Phi) is 3.30. The molecule has 18 heavy (non-hydrogen) atoms. The van der Waals surface area contributed by atoms with Crippen LogP contribution in [-0.2, 0) is 6.18 Å². The molecule has 0 fully saturated rings. The Bertz CT molecular complexity index is 575. The highest BCUT2D eigenvalue weighted by molar-refractivity contribution is 6.30. The molecule has 0 atom stereocenters. The summed E-state index contributed by atoms with van der Waals surface area (Å²) in [7, 11) is 0. The third kappa shape index (κ3) is 2.48. The van der Waals surface area contributed by atoms with Gasteiger partial charge >= 0.3 is 6.18 Å². The largest absolute Gasteiger partial charge is 0.417 e. The minimum Gasteiger partial charge on any atom is -0.206 e. The van der Waals surface area contributed by atoms with Crippen molar-refractivity contribution in [3.63, 3.8) is 0 Å². The van der Waals surface area contributed by atoms with Crippen LogP contribution in [0.15, 0.2) is 42.5 Å². The normalized spacial score (nSPS) is 11.6. The van der Waals surface area contributed by atoms with Crippen LogP contribution in [0.3, 0.4) is 0 Å². The SMILES string of the molecule is Fc1ccccc1-c1ccc(Cl)cc1C(F)(F)F. The molecule has 0 nitrogen and oxygen atoms in total. The zero-order valence-corrected chi connectivity index (χ0v) is 9.69. The molecule has 0 unspecified atom stereocenters. The first-order valence-electron chi connectivity index (χ1n) is 5.01. The van der Waals surface area contributed by atoms with Crippen LogP contribution in [0.5, 0.6) is 0 Å². The Morgan fingerprint density at radius 3 is 2.17 bits per heavy atom. The maximum atomic E-state index is 13.5. The van der Waals surface area contributed by atoms with E-state index < -0.39 is 17.6 Å². The second kappa shape index (κ2) is 4.61. The summed E-state index contributed by atoms with van der Waals surface area (Å²) in [6.07, 6.45) is -4.58. The molecule has 0 saturated carbocycles. The van der Waals surface area contributed by atoms with Gasteiger partial charge in [-0.25, -0.2) is 4.39 Å². The van der Waals surface area contributed by atoms with Crippen molar-refractivity contribution in [3.05, 3.63) is 58.9 Å². The first kappa shape index (κ1) is 12.9. The van der Waals surface area contributed by atoms with Crippen LogP contribution in [-0.4, -0.2) is 0 Å². The van der Waals surface area contributed by atoms with Gasteiger partial charge in [-0.15, -0.1) is 0 Å². The van der Waals surface area contributed by atoms with E-state index in [1.807, 2.05) is 0 Å². The van der Waals surface area contributed by atoms with E-state index in [0.717, 1.165) is 12.1 Å². The first-order valence-corrected chi connectivity index (χ1v) is 5.39. The van der Waals surface area contributed by atoms with Gasteiger partial charge in [0.15, 0.2) is 0 Å². The van der Waals surface area contributed by atoms with Crippen LogP contribution in [0.1, 0.15) is 5.56 Å². The lowest BCUT2D eigenvalue weighted by Gasteiger charge is -2.13. The standard InChI is InChI=1S/C13H7ClF4/c14-8-5-6-9(11(7-8)13(16,17)18)10-3-1-2-4-12(10)15/h1-7H. The number of benzene rings is 2. The molecule has 0 aliphatic carbocycles. The molecule has 0 aliphatic heterocycles. The van der Waals surface area contributed by atoms with Crippen molar-refractivity contribution in [3.8, 4) is 11.1 Å². The molecule has 94 valence electrons. The fourth-order valence-corrected chi connectivity index (χ4v) is 1.84. The van der Waals surface area contributed by atoms with Crippen LogP contribution in [0.4, 0.5) is 17.6 Å². The molecule has 5 heteroatoms. The van der Waals surface area contributed by atoms with Gasteiger partial charge in [-0.05, 0) is 23.8 Å². The van der Waals surface area contributed by atoms with Gasteiger partial charge in [0, 0.05) is 10.6 Å². The predicted octanol–water partition coefficient (Wildman–Crippen LogP) is 5.16. The minimum absolute atomic E-state index is 0.0394. The molecule has 0 aliphatic rings. The third-order valence-electron chi connectivity index (χ3n) is 2.45. The second-order valence-corrected chi connectivity index (χ2v) is 4.10. The molecule has 2 aromatic rings. The number of rotatable bonds is 1. The van der Waals surface area contributed by atoms with E-state index in [-0.39, 0.29) is 16.1 Å². The molecule has 0 bridgehead atoms. The van der Waals surface area contributed by atoms with Crippen molar-refractivity contribution < 1.29 is 17.6 Å². The highest BCUT2D eigenvalue weighted by Crippen LogP contribution is 2.39. The Morgan fingerprint density at radius 2 is 1.56 bits per heavy atom. The van der Waals surface area contributed by atoms with Crippen molar-refractivity contribution >= 4 is 11.6 Å². The number of hydrogen-bond acceptors (Lipinski definition) is 0. The maximum Gasteiger partial charge on any atom is 0.417 e. The molecule has 0 heterocycles. The van der Waals surface area contributed by atoms with Gasteiger partial charge < -0.3 is 0 Å². The van der Waals surface area contributed by atoms with Gasteiger partial charge in [-0.1, -0.05) is 35.9 Å². The first-order chi connectivity index (χ1) is 8.39. The molecule has 2 aromatic carbocycles. The van der Waals surface area contributed by atoms with Crippen molar-refractivity contribution in [2.45, 2.75) is 6.18 Å². The lowest BCUT2D eigenvalue weighted by Crippen LogP contribution is -2.07. The Morgan fingerprint density at radius 1 is 0.889 bits per heavy atom. The lowest BCUT2D eigenvalue weighted by atomic mass is 9.99. The highest BCUT2D eigenvalue weighted by atomic mass is 35.5. The molecule has 0 N–H and O–H groups in total. The molecular weight excluding hydrogens is 268 g/mol. The van der Waals surface area contributed by atoms with Gasteiger partial charge in [-0.3, -0.25) is 0 Å². The minimum atomic E-state index is -4.58. The molecule has 0 aromatic heterocycles. The number of hydrogen-bond donors (Lipinski definition) is 0. The van der Waals surface area contributed by atoms with Gasteiger partial charge in [-0.2, -0.15) is 13.2 Å². The average Bonchev–Trinajstić information content (AvgIpc) is 2.29. The topological polar surface area (TPSA) is 0 Å². The summed E-state index contributed by atoms with van der Waals surface area (Å²) in [4.78, 5) is 0. The zero-order valence-electron chi connectivity index (χ0n) is 8.93. The molecule has 2 rings (SSSR count). The average molecular weight is 275 g/mol. The van der Waals surface area contributed by atoms with Gasteiger partial charge in [0.2, 0.25) is 0 Å². The summed E-state index contributed by atoms with van der Waals surface area (Å²) in [5.41, 5.74) is -1.26. The summed E-state index contributed by atoms with van der Waals surface area (Å²) in [6.45, 7) is 0. The fourth-order valence-electron chi connectivity index (χ4n) is 1.67. The summed E-state index contributed by atoms with van der Waals surface area (Å²) in [6, 6.07) is 8.58. The zero-order chi connectivity index (χ0) is 13.3. The Labute approximate surface area is 106 Å². The molecular formula is C13H7ClF4. The quantitative estimate of drug-likeness (QED) is 0.630. The lowest BCUT2D eigenvalue weighted by molar-refractivity contribution is -0.137. The van der Waals surface area contributed by atoms with E-state index in [1.54, 1.807) is 0 Å². The summed E-state index contributed by atoms with van der Waals surface area (Å²) in [5, 5.41) is -0.0394. The fraction of sp³-hybridized carbons (Fsp3) is 0.0769. The van der Waals surface area contributed by atoms with E-state index >= 15 is 0 Å². The van der Waals surface area contributed by atoms with Gasteiger partial charge in [0.1, 0.15) is 5.82 Å². The van der Waals surface area contributed by atoms with E-state index in [2.05, 4.69) is 0 Å². The Balaban J connectivity index is 2.69. The predicted molar refractivity (Wildman–Crippen MR) is 61.8 cm³/mol. The van der Waals surface area contributed by atoms with Gasteiger partial charge in [0.25, 0.3) is 0 Å². The molecule has 0 radical (unpaired) electrons. The highest BCUT2D eigenvalue weighted by Gasteiger charge is 2.34. The van der Waals surface area contributed by atoms with E-state index in [1.165, 1.54) is 30.3 Å². The van der Waals surface area contributed by atoms with Crippen LogP contribution < -0.4 is 0 Å². The van der Waals surface area contributed by atoms with E-state index in [4.69, 9.17) is 11.6 Å². The van der Waals surface area contributed by atoms with E-state index in [0.29, 0.717) is 0 Å². The van der Waals surface area contributed by atoms with Crippen molar-refractivity contribution in [1.82, 2.24) is 0 Å². The van der Waals surface area contributed by atoms with E-state index in [9.17, 15) is 17.6 Å². The van der Waals surface area contributed by atoms with Crippen molar-refractivity contribution in [2.24, 2.45) is 0 Å². The Hall–Kier alpha value is -1.55. The monoisotopic (exact) mass is 274 g/mol. The summed E-state index contributed by atoms with van der Waals surface area (Å²) in [5.74, 6) is -0.703. The smallest absolute Gasteiger partial charge is 0.206 e. The maximum absolute atomic E-state index is 13.5. The second-order valence-electron chi connectivity index (χ2n) is 3.67. The van der Waals surface area contributed by atoms with Crippen LogP contribution in [0.2, 0.25) is 5.02 Å². The van der Waals surface area contributed by atoms with Crippen LogP contribution in [0, 0.1) is 5.82 Å². The third-order valence-corrected chi connectivity index (χ3v) is 2.69. The van der Waals surface area contributed by atoms with Crippen molar-refractivity contribution in [2.75, 3.05) is 0 Å².